The molecule has 3 nitrogen and oxygen atoms in total. The van der Waals surface area contributed by atoms with E-state index >= 15 is 0 Å². The topological polar surface area (TPSA) is 54.4 Å². The van der Waals surface area contributed by atoms with E-state index in [1.54, 1.807) is 12.1 Å². The highest BCUT2D eigenvalue weighted by molar-refractivity contribution is 7.90. The van der Waals surface area contributed by atoms with Gasteiger partial charge >= 0.3 is 0 Å². The van der Waals surface area contributed by atoms with Crippen LogP contribution < -0.4 is 0 Å². The molecule has 4 heteroatoms. The summed E-state index contributed by atoms with van der Waals surface area (Å²) in [5.74, 6) is 0. The summed E-state index contributed by atoms with van der Waals surface area (Å²) in [5.41, 5.74) is 1.69. The van der Waals surface area contributed by atoms with E-state index in [9.17, 15) is 13.0 Å². The van der Waals surface area contributed by atoms with Crippen LogP contribution >= 0.6 is 0 Å². The molecule has 2 aromatic carbocycles. The second-order valence-corrected chi connectivity index (χ2v) is 8.00. The van der Waals surface area contributed by atoms with Crippen LogP contribution in [-0.2, 0) is 10.1 Å². The second kappa shape index (κ2) is 7.16. The van der Waals surface area contributed by atoms with Crippen molar-refractivity contribution in [1.82, 2.24) is 0 Å². The number of benzene rings is 2. The van der Waals surface area contributed by atoms with E-state index in [2.05, 4.69) is 0 Å². The summed E-state index contributed by atoms with van der Waals surface area (Å²) in [7, 11) is -4.37. The molecule has 0 heterocycles. The minimum absolute atomic E-state index is 0.0787. The highest BCUT2D eigenvalue weighted by Gasteiger charge is 2.28. The number of rotatable bonds is 4. The van der Waals surface area contributed by atoms with Crippen molar-refractivity contribution in [3.8, 4) is 0 Å². The first-order valence-corrected chi connectivity index (χ1v) is 9.14. The first-order chi connectivity index (χ1) is 11.2. The summed E-state index contributed by atoms with van der Waals surface area (Å²) in [6.07, 6.45) is 3.32. The highest BCUT2D eigenvalue weighted by atomic mass is 32.2. The molecule has 24 heavy (non-hydrogen) atoms. The molecule has 0 fully saturated rings. The summed E-state index contributed by atoms with van der Waals surface area (Å²) < 4.78 is 33.9. The van der Waals surface area contributed by atoms with Crippen molar-refractivity contribution in [3.05, 3.63) is 82.3 Å². The van der Waals surface area contributed by atoms with Gasteiger partial charge < -0.3 is 0 Å². The largest absolute Gasteiger partial charge is 0.294 e. The van der Waals surface area contributed by atoms with Gasteiger partial charge in [0.25, 0.3) is 10.1 Å². The molecule has 0 unspecified atom stereocenters. The molecule has 0 radical (unpaired) electrons. The van der Waals surface area contributed by atoms with Gasteiger partial charge in [-0.15, -0.1) is 0 Å². The van der Waals surface area contributed by atoms with Crippen molar-refractivity contribution < 1.29 is 13.0 Å². The zero-order chi connectivity index (χ0) is 17.8. The van der Waals surface area contributed by atoms with E-state index in [1.807, 2.05) is 75.4 Å². The van der Waals surface area contributed by atoms with Crippen LogP contribution in [0.2, 0.25) is 0 Å². The summed E-state index contributed by atoms with van der Waals surface area (Å²) >= 11 is 0. The van der Waals surface area contributed by atoms with Crippen molar-refractivity contribution in [3.63, 3.8) is 0 Å². The Morgan fingerprint density at radius 2 is 1.25 bits per heavy atom. The average molecular weight is 342 g/mol. The molecule has 126 valence electrons. The standard InChI is InChI=1S/C20H22O3S/c1-20(2,3)18(14-16-10-6-4-7-11-16)19(24(21,22)23)15-17-12-8-5-9-13-17/h4-15H,1-3H3,(H,21,22,23). The molecule has 0 bridgehead atoms. The molecule has 2 aromatic rings. The van der Waals surface area contributed by atoms with Gasteiger partial charge in [0, 0.05) is 0 Å². The number of hydrogen-bond acceptors (Lipinski definition) is 2. The van der Waals surface area contributed by atoms with Crippen molar-refractivity contribution >= 4 is 22.3 Å². The van der Waals surface area contributed by atoms with Crippen molar-refractivity contribution in [2.75, 3.05) is 0 Å². The summed E-state index contributed by atoms with van der Waals surface area (Å²) in [4.78, 5) is -0.0787. The van der Waals surface area contributed by atoms with E-state index < -0.39 is 15.5 Å². The highest BCUT2D eigenvalue weighted by Crippen LogP contribution is 2.36. The molecule has 0 aliphatic heterocycles. The van der Waals surface area contributed by atoms with E-state index in [-0.39, 0.29) is 4.91 Å². The molecule has 2 rings (SSSR count). The monoisotopic (exact) mass is 342 g/mol. The van der Waals surface area contributed by atoms with Crippen LogP contribution in [0, 0.1) is 5.41 Å². The van der Waals surface area contributed by atoms with E-state index in [4.69, 9.17) is 0 Å². The first-order valence-electron chi connectivity index (χ1n) is 7.70. The van der Waals surface area contributed by atoms with Gasteiger partial charge in [-0.1, -0.05) is 81.4 Å². The molecule has 0 aliphatic carbocycles. The van der Waals surface area contributed by atoms with E-state index in [0.717, 1.165) is 5.56 Å². The zero-order valence-corrected chi connectivity index (χ0v) is 14.9. The number of allylic oxidation sites excluding steroid dienone is 1. The maximum atomic E-state index is 12.1. The Bertz CT molecular complexity index is 841. The lowest BCUT2D eigenvalue weighted by molar-refractivity contribution is 0.480. The van der Waals surface area contributed by atoms with Crippen LogP contribution in [0.4, 0.5) is 0 Å². The molecule has 0 saturated heterocycles. The second-order valence-electron chi connectivity index (χ2n) is 6.61. The van der Waals surface area contributed by atoms with Crippen LogP contribution in [0.5, 0.6) is 0 Å². The smallest absolute Gasteiger partial charge is 0.282 e. The lowest BCUT2D eigenvalue weighted by Crippen LogP contribution is -2.16. The lowest BCUT2D eigenvalue weighted by Gasteiger charge is -2.24. The maximum Gasteiger partial charge on any atom is 0.294 e. The van der Waals surface area contributed by atoms with Crippen molar-refractivity contribution in [2.45, 2.75) is 20.8 Å². The molecule has 0 aliphatic rings. The Hall–Kier alpha value is -2.17. The third-order valence-electron chi connectivity index (χ3n) is 3.56. The van der Waals surface area contributed by atoms with Crippen LogP contribution in [0.1, 0.15) is 31.9 Å². The van der Waals surface area contributed by atoms with Crippen LogP contribution in [-0.4, -0.2) is 13.0 Å². The Morgan fingerprint density at radius 1 is 0.833 bits per heavy atom. The third-order valence-corrected chi connectivity index (χ3v) is 4.45. The third kappa shape index (κ3) is 4.91. The Morgan fingerprint density at radius 3 is 1.62 bits per heavy atom. The Balaban J connectivity index is 2.68. The summed E-state index contributed by atoms with van der Waals surface area (Å²) in [6.45, 7) is 5.77. The predicted octanol–water partition coefficient (Wildman–Crippen LogP) is 5.05. The summed E-state index contributed by atoms with van der Waals surface area (Å²) in [6, 6.07) is 18.6. The minimum Gasteiger partial charge on any atom is -0.282 e. The maximum absolute atomic E-state index is 12.1. The van der Waals surface area contributed by atoms with Gasteiger partial charge in [-0.05, 0) is 34.3 Å². The first kappa shape index (κ1) is 18.2. The van der Waals surface area contributed by atoms with Gasteiger partial charge in [-0.2, -0.15) is 8.42 Å². The SMILES string of the molecule is CC(C)(C)C(=Cc1ccccc1)C(=Cc1ccccc1)S(=O)(=O)O. The fraction of sp³-hybridized carbons (Fsp3) is 0.200. The van der Waals surface area contributed by atoms with Gasteiger partial charge in [-0.3, -0.25) is 4.55 Å². The van der Waals surface area contributed by atoms with Crippen LogP contribution in [0.3, 0.4) is 0 Å². The predicted molar refractivity (Wildman–Crippen MR) is 99.8 cm³/mol. The fourth-order valence-electron chi connectivity index (χ4n) is 2.36. The molecule has 0 atom stereocenters. The van der Waals surface area contributed by atoms with E-state index in [0.29, 0.717) is 11.1 Å². The Labute approximate surface area is 144 Å². The van der Waals surface area contributed by atoms with Crippen molar-refractivity contribution in [1.29, 1.82) is 0 Å². The van der Waals surface area contributed by atoms with Crippen molar-refractivity contribution in [2.24, 2.45) is 5.41 Å². The van der Waals surface area contributed by atoms with Gasteiger partial charge in [0.1, 0.15) is 0 Å². The van der Waals surface area contributed by atoms with Gasteiger partial charge in [0.05, 0.1) is 4.91 Å². The molecular weight excluding hydrogens is 320 g/mol. The quantitative estimate of drug-likeness (QED) is 0.625. The molecule has 0 aromatic heterocycles. The molecule has 1 N–H and O–H groups in total. The van der Waals surface area contributed by atoms with Crippen LogP contribution in [0.15, 0.2) is 71.1 Å². The molecule has 0 spiro atoms. The zero-order valence-electron chi connectivity index (χ0n) is 14.1. The molecule has 0 saturated carbocycles. The van der Waals surface area contributed by atoms with Gasteiger partial charge in [0.15, 0.2) is 0 Å². The van der Waals surface area contributed by atoms with Crippen LogP contribution in [0.25, 0.3) is 12.2 Å². The van der Waals surface area contributed by atoms with Gasteiger partial charge in [0.2, 0.25) is 0 Å². The van der Waals surface area contributed by atoms with Gasteiger partial charge in [-0.25, -0.2) is 0 Å². The molecule has 0 amide bonds. The lowest BCUT2D eigenvalue weighted by atomic mass is 9.84. The van der Waals surface area contributed by atoms with E-state index in [1.165, 1.54) is 6.08 Å². The molecular formula is C20H22O3S. The Kier molecular flexibility index (Phi) is 5.42. The summed E-state index contributed by atoms with van der Waals surface area (Å²) in [5, 5.41) is 0. The fourth-order valence-corrected chi connectivity index (χ4v) is 3.29. The normalized spacial score (nSPS) is 13.8. The minimum atomic E-state index is -4.37. The number of hydrogen-bond donors (Lipinski definition) is 1. The average Bonchev–Trinajstić information content (AvgIpc) is 2.51.